The van der Waals surface area contributed by atoms with Crippen molar-refractivity contribution >= 4 is 15.7 Å². The molecular formula is C9H14N2O2S. The highest BCUT2D eigenvalue weighted by atomic mass is 32.2. The Morgan fingerprint density at radius 3 is 2.07 bits per heavy atom. The Morgan fingerprint density at radius 2 is 1.64 bits per heavy atom. The molecule has 0 aliphatic carbocycles. The Balaban J connectivity index is 3.70. The van der Waals surface area contributed by atoms with Gasteiger partial charge in [-0.3, -0.25) is 0 Å². The first-order valence-electron chi connectivity index (χ1n) is 4.14. The van der Waals surface area contributed by atoms with E-state index in [-0.39, 0.29) is 4.90 Å². The summed E-state index contributed by atoms with van der Waals surface area (Å²) in [5, 5.41) is 5.09. The van der Waals surface area contributed by atoms with Gasteiger partial charge in [0, 0.05) is 5.69 Å². The molecule has 0 aliphatic heterocycles. The van der Waals surface area contributed by atoms with Gasteiger partial charge in [-0.25, -0.2) is 13.6 Å². The van der Waals surface area contributed by atoms with Crippen molar-refractivity contribution in [1.29, 1.82) is 0 Å². The number of rotatable bonds is 1. The van der Waals surface area contributed by atoms with Crippen LogP contribution in [0.4, 0.5) is 5.69 Å². The van der Waals surface area contributed by atoms with E-state index in [0.29, 0.717) is 16.8 Å². The van der Waals surface area contributed by atoms with Gasteiger partial charge in [-0.15, -0.1) is 0 Å². The second kappa shape index (κ2) is 3.25. The Hall–Kier alpha value is -1.07. The molecule has 0 radical (unpaired) electrons. The Bertz CT molecular complexity index is 478. The van der Waals surface area contributed by atoms with Crippen LogP contribution in [0.15, 0.2) is 11.0 Å². The lowest BCUT2D eigenvalue weighted by Crippen LogP contribution is -2.16. The highest BCUT2D eigenvalue weighted by molar-refractivity contribution is 7.89. The first-order chi connectivity index (χ1) is 6.25. The number of aryl methyl sites for hydroxylation is 2. The summed E-state index contributed by atoms with van der Waals surface area (Å²) in [7, 11) is -3.68. The van der Waals surface area contributed by atoms with Gasteiger partial charge in [-0.05, 0) is 37.5 Å². The molecule has 78 valence electrons. The average Bonchev–Trinajstić information content (AvgIpc) is 1.97. The summed E-state index contributed by atoms with van der Waals surface area (Å²) in [5.74, 6) is 0. The standard InChI is InChI=1S/C9H14N2O2S/c1-5-4-6(2)9(14(11,12)13)7(3)8(5)10/h4H,10H2,1-3H3,(H2,11,12,13). The van der Waals surface area contributed by atoms with Gasteiger partial charge in [-0.1, -0.05) is 6.07 Å². The molecule has 5 heteroatoms. The monoisotopic (exact) mass is 214 g/mol. The van der Waals surface area contributed by atoms with Crippen molar-refractivity contribution < 1.29 is 8.42 Å². The summed E-state index contributed by atoms with van der Waals surface area (Å²) in [6.45, 7) is 5.20. The third kappa shape index (κ3) is 1.73. The lowest BCUT2D eigenvalue weighted by molar-refractivity contribution is 0.596. The topological polar surface area (TPSA) is 86.2 Å². The minimum atomic E-state index is -3.68. The molecule has 0 amide bonds. The smallest absolute Gasteiger partial charge is 0.238 e. The molecule has 1 aromatic rings. The normalized spacial score (nSPS) is 11.7. The third-order valence-electron chi connectivity index (χ3n) is 2.25. The third-order valence-corrected chi connectivity index (χ3v) is 3.44. The SMILES string of the molecule is Cc1cc(C)c(S(N)(=O)=O)c(C)c1N. The molecule has 0 bridgehead atoms. The van der Waals surface area contributed by atoms with Crippen molar-refractivity contribution in [2.45, 2.75) is 25.7 Å². The summed E-state index contributed by atoms with van der Waals surface area (Å²) < 4.78 is 22.5. The average molecular weight is 214 g/mol. The molecule has 4 nitrogen and oxygen atoms in total. The molecule has 14 heavy (non-hydrogen) atoms. The van der Waals surface area contributed by atoms with Gasteiger partial charge in [0.25, 0.3) is 0 Å². The van der Waals surface area contributed by atoms with E-state index in [2.05, 4.69) is 0 Å². The molecule has 0 saturated carbocycles. The predicted molar refractivity (Wildman–Crippen MR) is 56.4 cm³/mol. The van der Waals surface area contributed by atoms with Crippen molar-refractivity contribution in [3.8, 4) is 0 Å². The van der Waals surface area contributed by atoms with Crippen molar-refractivity contribution in [1.82, 2.24) is 0 Å². The number of primary sulfonamides is 1. The fraction of sp³-hybridized carbons (Fsp3) is 0.333. The van der Waals surface area contributed by atoms with E-state index in [1.54, 1.807) is 19.9 Å². The fourth-order valence-corrected chi connectivity index (χ4v) is 2.66. The minimum absolute atomic E-state index is 0.139. The van der Waals surface area contributed by atoms with Gasteiger partial charge in [-0.2, -0.15) is 0 Å². The molecule has 0 fully saturated rings. The van der Waals surface area contributed by atoms with Crippen molar-refractivity contribution in [2.24, 2.45) is 5.14 Å². The molecule has 0 spiro atoms. The van der Waals surface area contributed by atoms with Gasteiger partial charge >= 0.3 is 0 Å². The van der Waals surface area contributed by atoms with Crippen LogP contribution in [0.5, 0.6) is 0 Å². The fourth-order valence-electron chi connectivity index (χ4n) is 1.62. The molecule has 0 aliphatic rings. The second-order valence-corrected chi connectivity index (χ2v) is 4.92. The summed E-state index contributed by atoms with van der Waals surface area (Å²) in [4.78, 5) is 0.139. The van der Waals surface area contributed by atoms with E-state index >= 15 is 0 Å². The largest absolute Gasteiger partial charge is 0.398 e. The first kappa shape index (κ1) is 11.0. The number of nitrogen functional groups attached to an aromatic ring is 1. The number of hydrogen-bond acceptors (Lipinski definition) is 3. The van der Waals surface area contributed by atoms with E-state index in [0.717, 1.165) is 5.56 Å². The van der Waals surface area contributed by atoms with E-state index in [4.69, 9.17) is 10.9 Å². The summed E-state index contributed by atoms with van der Waals surface area (Å²) in [6.07, 6.45) is 0. The number of nitrogens with two attached hydrogens (primary N) is 2. The van der Waals surface area contributed by atoms with Crippen molar-refractivity contribution in [3.05, 3.63) is 22.8 Å². The van der Waals surface area contributed by atoms with Gasteiger partial charge < -0.3 is 5.73 Å². The van der Waals surface area contributed by atoms with Crippen LogP contribution in [0, 0.1) is 20.8 Å². The summed E-state index contributed by atoms with van der Waals surface area (Å²) in [6, 6.07) is 1.72. The molecular weight excluding hydrogens is 200 g/mol. The quantitative estimate of drug-likeness (QED) is 0.679. The van der Waals surface area contributed by atoms with E-state index < -0.39 is 10.0 Å². The van der Waals surface area contributed by atoms with Gasteiger partial charge in [0.15, 0.2) is 0 Å². The lowest BCUT2D eigenvalue weighted by Gasteiger charge is -2.12. The molecule has 4 N–H and O–H groups in total. The zero-order chi connectivity index (χ0) is 11.1. The van der Waals surface area contributed by atoms with Crippen LogP contribution in [0.2, 0.25) is 0 Å². The van der Waals surface area contributed by atoms with Crippen LogP contribution < -0.4 is 10.9 Å². The first-order valence-corrected chi connectivity index (χ1v) is 5.69. The maximum atomic E-state index is 11.3. The Labute approximate surface area is 84.0 Å². The number of sulfonamides is 1. The molecule has 1 aromatic carbocycles. The highest BCUT2D eigenvalue weighted by Crippen LogP contribution is 2.26. The number of benzene rings is 1. The van der Waals surface area contributed by atoms with Crippen LogP contribution in [0.1, 0.15) is 16.7 Å². The zero-order valence-electron chi connectivity index (χ0n) is 8.46. The zero-order valence-corrected chi connectivity index (χ0v) is 9.27. The van der Waals surface area contributed by atoms with Crippen LogP contribution >= 0.6 is 0 Å². The van der Waals surface area contributed by atoms with E-state index in [9.17, 15) is 8.42 Å². The molecule has 1 rings (SSSR count). The molecule has 0 aromatic heterocycles. The second-order valence-electron chi connectivity index (χ2n) is 3.42. The van der Waals surface area contributed by atoms with E-state index in [1.165, 1.54) is 0 Å². The maximum absolute atomic E-state index is 11.3. The lowest BCUT2D eigenvalue weighted by atomic mass is 10.1. The van der Waals surface area contributed by atoms with Gasteiger partial charge in [0.2, 0.25) is 10.0 Å². The summed E-state index contributed by atoms with van der Waals surface area (Å²) >= 11 is 0. The number of anilines is 1. The highest BCUT2D eigenvalue weighted by Gasteiger charge is 2.17. The van der Waals surface area contributed by atoms with Crippen LogP contribution in [-0.4, -0.2) is 8.42 Å². The van der Waals surface area contributed by atoms with Crippen LogP contribution in [-0.2, 0) is 10.0 Å². The van der Waals surface area contributed by atoms with Gasteiger partial charge in [0.1, 0.15) is 0 Å². The Morgan fingerprint density at radius 1 is 1.14 bits per heavy atom. The predicted octanol–water partition coefficient (Wildman–Crippen LogP) is 0.841. The van der Waals surface area contributed by atoms with Crippen molar-refractivity contribution in [2.75, 3.05) is 5.73 Å². The number of hydrogen-bond donors (Lipinski definition) is 2. The molecule has 0 atom stereocenters. The molecule has 0 saturated heterocycles. The molecule has 0 unspecified atom stereocenters. The molecule has 0 heterocycles. The Kier molecular flexibility index (Phi) is 2.56. The summed E-state index contributed by atoms with van der Waals surface area (Å²) in [5.41, 5.74) is 8.25. The van der Waals surface area contributed by atoms with Crippen LogP contribution in [0.25, 0.3) is 0 Å². The van der Waals surface area contributed by atoms with E-state index in [1.807, 2.05) is 6.92 Å². The maximum Gasteiger partial charge on any atom is 0.238 e. The van der Waals surface area contributed by atoms with Crippen molar-refractivity contribution in [3.63, 3.8) is 0 Å². The van der Waals surface area contributed by atoms with Gasteiger partial charge in [0.05, 0.1) is 4.90 Å². The van der Waals surface area contributed by atoms with Crippen LogP contribution in [0.3, 0.4) is 0 Å². The minimum Gasteiger partial charge on any atom is -0.398 e.